The summed E-state index contributed by atoms with van der Waals surface area (Å²) >= 11 is 0. The summed E-state index contributed by atoms with van der Waals surface area (Å²) in [5.74, 6) is -0.353. The highest BCUT2D eigenvalue weighted by Crippen LogP contribution is 2.27. The van der Waals surface area contributed by atoms with E-state index in [1.54, 1.807) is 6.07 Å². The van der Waals surface area contributed by atoms with E-state index in [1.165, 1.54) is 5.56 Å². The zero-order valence-corrected chi connectivity index (χ0v) is 9.22. The Labute approximate surface area is 85.1 Å². The molecular weight excluding hydrogens is 174 g/mol. The molecule has 2 nitrogen and oxygen atoms in total. The van der Waals surface area contributed by atoms with Crippen molar-refractivity contribution >= 4 is 5.91 Å². The molecule has 0 aliphatic carbocycles. The number of amides is 1. The Balaban J connectivity index is 3.35. The third-order valence-electron chi connectivity index (χ3n) is 2.41. The van der Waals surface area contributed by atoms with Gasteiger partial charge in [-0.15, -0.1) is 0 Å². The van der Waals surface area contributed by atoms with Crippen LogP contribution in [0.15, 0.2) is 18.2 Å². The van der Waals surface area contributed by atoms with Crippen molar-refractivity contribution in [2.75, 3.05) is 0 Å². The van der Waals surface area contributed by atoms with Gasteiger partial charge in [-0.1, -0.05) is 32.9 Å². The van der Waals surface area contributed by atoms with Crippen molar-refractivity contribution in [3.8, 4) is 0 Å². The predicted molar refractivity (Wildman–Crippen MR) is 58.4 cm³/mol. The summed E-state index contributed by atoms with van der Waals surface area (Å²) in [6.45, 7) is 8.32. The molecule has 14 heavy (non-hydrogen) atoms. The molecule has 2 N–H and O–H groups in total. The van der Waals surface area contributed by atoms with E-state index in [0.29, 0.717) is 5.56 Å². The molecule has 0 aromatic heterocycles. The largest absolute Gasteiger partial charge is 0.366 e. The average Bonchev–Trinajstić information content (AvgIpc) is 2.01. The maximum absolute atomic E-state index is 11.1. The molecule has 1 amide bonds. The van der Waals surface area contributed by atoms with Crippen LogP contribution in [-0.4, -0.2) is 5.91 Å². The highest BCUT2D eigenvalue weighted by molar-refractivity contribution is 5.94. The summed E-state index contributed by atoms with van der Waals surface area (Å²) in [5.41, 5.74) is 8.13. The molecular formula is C12H17NO. The van der Waals surface area contributed by atoms with Crippen LogP contribution in [0.25, 0.3) is 0 Å². The van der Waals surface area contributed by atoms with Gasteiger partial charge in [-0.25, -0.2) is 0 Å². The van der Waals surface area contributed by atoms with Crippen LogP contribution in [-0.2, 0) is 5.41 Å². The van der Waals surface area contributed by atoms with Gasteiger partial charge in [-0.3, -0.25) is 4.79 Å². The van der Waals surface area contributed by atoms with Gasteiger partial charge < -0.3 is 5.73 Å². The summed E-state index contributed by atoms with van der Waals surface area (Å²) in [4.78, 5) is 11.1. The van der Waals surface area contributed by atoms with E-state index in [9.17, 15) is 4.79 Å². The van der Waals surface area contributed by atoms with Crippen molar-refractivity contribution in [2.24, 2.45) is 5.73 Å². The molecule has 76 valence electrons. The molecule has 1 aromatic rings. The number of hydrogen-bond donors (Lipinski definition) is 1. The van der Waals surface area contributed by atoms with Crippen molar-refractivity contribution in [2.45, 2.75) is 33.1 Å². The van der Waals surface area contributed by atoms with Crippen LogP contribution in [0.2, 0.25) is 0 Å². The van der Waals surface area contributed by atoms with Gasteiger partial charge in [0.05, 0.1) is 0 Å². The van der Waals surface area contributed by atoms with Crippen molar-refractivity contribution in [3.63, 3.8) is 0 Å². The van der Waals surface area contributed by atoms with Crippen molar-refractivity contribution < 1.29 is 4.79 Å². The second-order valence-corrected chi connectivity index (χ2v) is 4.59. The summed E-state index contributed by atoms with van der Waals surface area (Å²) < 4.78 is 0. The standard InChI is InChI=1S/C12H17NO/c1-8-9(11(13)14)6-5-7-10(8)12(2,3)4/h5-7H,1-4H3,(H2,13,14). The fourth-order valence-corrected chi connectivity index (χ4v) is 1.72. The number of rotatable bonds is 1. The number of carbonyl (C=O) groups is 1. The molecule has 0 radical (unpaired) electrons. The van der Waals surface area contributed by atoms with Gasteiger partial charge in [0.1, 0.15) is 0 Å². The lowest BCUT2D eigenvalue weighted by Crippen LogP contribution is -2.18. The second-order valence-electron chi connectivity index (χ2n) is 4.59. The molecule has 0 atom stereocenters. The van der Waals surface area contributed by atoms with E-state index in [2.05, 4.69) is 20.8 Å². The Morgan fingerprint density at radius 1 is 1.29 bits per heavy atom. The summed E-state index contributed by atoms with van der Waals surface area (Å²) in [7, 11) is 0. The number of carbonyl (C=O) groups excluding carboxylic acids is 1. The van der Waals surface area contributed by atoms with Crippen molar-refractivity contribution in [1.29, 1.82) is 0 Å². The molecule has 0 aliphatic rings. The third-order valence-corrected chi connectivity index (χ3v) is 2.41. The van der Waals surface area contributed by atoms with Gasteiger partial charge in [0, 0.05) is 5.56 Å². The number of nitrogens with two attached hydrogens (primary N) is 1. The van der Waals surface area contributed by atoms with Gasteiger partial charge in [0.2, 0.25) is 5.91 Å². The lowest BCUT2D eigenvalue weighted by atomic mass is 9.82. The van der Waals surface area contributed by atoms with Crippen LogP contribution in [0.3, 0.4) is 0 Å². The molecule has 0 heterocycles. The highest BCUT2D eigenvalue weighted by Gasteiger charge is 2.18. The maximum Gasteiger partial charge on any atom is 0.248 e. The Morgan fingerprint density at radius 2 is 1.86 bits per heavy atom. The molecule has 0 bridgehead atoms. The maximum atomic E-state index is 11.1. The Morgan fingerprint density at radius 3 is 2.29 bits per heavy atom. The number of hydrogen-bond acceptors (Lipinski definition) is 1. The molecule has 0 spiro atoms. The number of benzene rings is 1. The first-order chi connectivity index (χ1) is 6.34. The minimum absolute atomic E-state index is 0.0511. The minimum Gasteiger partial charge on any atom is -0.366 e. The Bertz CT molecular complexity index is 361. The zero-order valence-electron chi connectivity index (χ0n) is 9.22. The van der Waals surface area contributed by atoms with E-state index in [4.69, 9.17) is 5.73 Å². The van der Waals surface area contributed by atoms with Crippen LogP contribution < -0.4 is 5.73 Å². The fourth-order valence-electron chi connectivity index (χ4n) is 1.72. The minimum atomic E-state index is -0.353. The quantitative estimate of drug-likeness (QED) is 0.727. The summed E-state index contributed by atoms with van der Waals surface area (Å²) in [6.07, 6.45) is 0. The number of primary amides is 1. The molecule has 0 aliphatic heterocycles. The van der Waals surface area contributed by atoms with Crippen LogP contribution >= 0.6 is 0 Å². The van der Waals surface area contributed by atoms with E-state index in [1.807, 2.05) is 19.1 Å². The van der Waals surface area contributed by atoms with E-state index in [-0.39, 0.29) is 11.3 Å². The van der Waals surface area contributed by atoms with Gasteiger partial charge in [0.25, 0.3) is 0 Å². The lowest BCUT2D eigenvalue weighted by molar-refractivity contribution is 0.0999. The SMILES string of the molecule is Cc1c(C(N)=O)cccc1C(C)(C)C. The first-order valence-electron chi connectivity index (χ1n) is 4.74. The molecule has 2 heteroatoms. The molecule has 0 saturated carbocycles. The lowest BCUT2D eigenvalue weighted by Gasteiger charge is -2.22. The highest BCUT2D eigenvalue weighted by atomic mass is 16.1. The van der Waals surface area contributed by atoms with Gasteiger partial charge in [-0.2, -0.15) is 0 Å². The third kappa shape index (κ3) is 1.95. The van der Waals surface area contributed by atoms with Crippen molar-refractivity contribution in [3.05, 3.63) is 34.9 Å². The molecule has 0 saturated heterocycles. The first kappa shape index (κ1) is 10.8. The molecule has 1 aromatic carbocycles. The van der Waals surface area contributed by atoms with Gasteiger partial charge in [0.15, 0.2) is 0 Å². The molecule has 0 fully saturated rings. The summed E-state index contributed by atoms with van der Waals surface area (Å²) in [6, 6.07) is 5.70. The van der Waals surface area contributed by atoms with E-state index < -0.39 is 0 Å². The fraction of sp³-hybridized carbons (Fsp3) is 0.417. The van der Waals surface area contributed by atoms with E-state index >= 15 is 0 Å². The Hall–Kier alpha value is -1.31. The van der Waals surface area contributed by atoms with Crippen LogP contribution in [0.5, 0.6) is 0 Å². The zero-order chi connectivity index (χ0) is 10.9. The monoisotopic (exact) mass is 191 g/mol. The van der Waals surface area contributed by atoms with Crippen LogP contribution in [0.4, 0.5) is 0 Å². The normalized spacial score (nSPS) is 11.4. The topological polar surface area (TPSA) is 43.1 Å². The average molecular weight is 191 g/mol. The van der Waals surface area contributed by atoms with Crippen LogP contribution in [0, 0.1) is 6.92 Å². The van der Waals surface area contributed by atoms with Crippen LogP contribution in [0.1, 0.15) is 42.3 Å². The van der Waals surface area contributed by atoms with Gasteiger partial charge in [-0.05, 0) is 29.5 Å². The first-order valence-corrected chi connectivity index (χ1v) is 4.74. The van der Waals surface area contributed by atoms with Crippen molar-refractivity contribution in [1.82, 2.24) is 0 Å². The molecule has 0 unspecified atom stereocenters. The predicted octanol–water partition coefficient (Wildman–Crippen LogP) is 2.39. The smallest absolute Gasteiger partial charge is 0.248 e. The second kappa shape index (κ2) is 3.45. The molecule has 1 rings (SSSR count). The summed E-state index contributed by atoms with van der Waals surface area (Å²) in [5, 5.41) is 0. The van der Waals surface area contributed by atoms with E-state index in [0.717, 1.165) is 5.56 Å². The Kier molecular flexibility index (Phi) is 2.65. The van der Waals surface area contributed by atoms with Gasteiger partial charge >= 0.3 is 0 Å².